The van der Waals surface area contributed by atoms with Gasteiger partial charge in [-0.3, -0.25) is 0 Å². The maximum Gasteiger partial charge on any atom is 2.00 e. The fraction of sp³-hybridized carbons (Fsp3) is 0. The third-order valence-corrected chi connectivity index (χ3v) is 0.406. The van der Waals surface area contributed by atoms with Crippen LogP contribution in [0.25, 0.3) is 0 Å². The van der Waals surface area contributed by atoms with Gasteiger partial charge in [-0.2, -0.15) is 0 Å². The Hall–Kier alpha value is -0.284. The molecule has 1 heterocycles. The molecule has 1 radical (unpaired) electrons. The molecule has 0 aromatic carbocycles. The Morgan fingerprint density at radius 1 is 1.50 bits per heavy atom. The second-order valence-corrected chi connectivity index (χ2v) is 0.761. The molecule has 0 amide bonds. The third-order valence-electron chi connectivity index (χ3n) is 0.406. The van der Waals surface area contributed by atoms with Crippen LogP contribution < -0.4 is 0 Å². The number of aromatic nitrogens is 2. The van der Waals surface area contributed by atoms with Gasteiger partial charge in [0.05, 0.1) is 6.33 Å². The molecule has 2 nitrogen and oxygen atoms in total. The molecule has 3 heteroatoms. The van der Waals surface area contributed by atoms with E-state index >= 15 is 0 Å². The van der Waals surface area contributed by atoms with Gasteiger partial charge in [0, 0.05) is 12.4 Å². The molecule has 0 aliphatic heterocycles. The van der Waals surface area contributed by atoms with Gasteiger partial charge in [0.2, 0.25) is 0 Å². The van der Waals surface area contributed by atoms with E-state index in [1.807, 2.05) is 0 Å². The van der Waals surface area contributed by atoms with E-state index in [1.54, 1.807) is 18.7 Å². The summed E-state index contributed by atoms with van der Waals surface area (Å²) in [4.78, 5) is 6.42. The summed E-state index contributed by atoms with van der Waals surface area (Å²) < 4.78 is 0. The van der Waals surface area contributed by atoms with Crippen molar-refractivity contribution in [3.63, 3.8) is 0 Å². The zero-order valence-electron chi connectivity index (χ0n) is 3.01. The van der Waals surface area contributed by atoms with E-state index < -0.39 is 0 Å². The zero-order valence-corrected chi connectivity index (χ0v) is 4.05. The van der Waals surface area contributed by atoms with Gasteiger partial charge in [-0.1, -0.05) is 0 Å². The number of rotatable bonds is 0. The van der Waals surface area contributed by atoms with E-state index in [2.05, 4.69) is 9.97 Å². The molecule has 0 aliphatic carbocycles. The van der Waals surface area contributed by atoms with Crippen molar-refractivity contribution >= 4 is 0 Å². The standard InChI is InChI=1S/C3H4N2.Co/c1-2-5-3-4-1;/h1-3H,(H,4,5);/q;+2. The van der Waals surface area contributed by atoms with Crippen LogP contribution in [0, 0.1) is 0 Å². The molecular formula is C3H4CoN2+2. The summed E-state index contributed by atoms with van der Waals surface area (Å²) in [6.07, 6.45) is 5.08. The number of nitrogens with one attached hydrogen (secondary N) is 1. The Kier molecular flexibility index (Phi) is 2.79. The zero-order chi connectivity index (χ0) is 3.54. The van der Waals surface area contributed by atoms with E-state index in [9.17, 15) is 0 Å². The van der Waals surface area contributed by atoms with Gasteiger partial charge < -0.3 is 4.98 Å². The van der Waals surface area contributed by atoms with E-state index in [0.29, 0.717) is 0 Å². The minimum Gasteiger partial charge on any atom is -0.351 e. The largest absolute Gasteiger partial charge is 2.00 e. The SMILES string of the molecule is [Co+2].c1c[nH]cn1. The molecule has 1 N–H and O–H groups in total. The summed E-state index contributed by atoms with van der Waals surface area (Å²) in [6, 6.07) is 0. The van der Waals surface area contributed by atoms with Crippen LogP contribution in [-0.4, -0.2) is 9.97 Å². The topological polar surface area (TPSA) is 28.7 Å². The Labute approximate surface area is 46.2 Å². The number of hydrogen-bond acceptors (Lipinski definition) is 1. The van der Waals surface area contributed by atoms with Gasteiger partial charge >= 0.3 is 16.8 Å². The van der Waals surface area contributed by atoms with Gasteiger partial charge in [-0.15, -0.1) is 0 Å². The number of hydrogen-bond donors (Lipinski definition) is 1. The Morgan fingerprint density at radius 3 is 2.50 bits per heavy atom. The van der Waals surface area contributed by atoms with Crippen LogP contribution in [0.5, 0.6) is 0 Å². The fourth-order valence-electron chi connectivity index (χ4n) is 0.215. The van der Waals surface area contributed by atoms with Crippen LogP contribution >= 0.6 is 0 Å². The minimum atomic E-state index is 0. The molecule has 1 aromatic heterocycles. The van der Waals surface area contributed by atoms with Crippen molar-refractivity contribution in [2.45, 2.75) is 0 Å². The van der Waals surface area contributed by atoms with Crippen molar-refractivity contribution in [3.05, 3.63) is 18.7 Å². The van der Waals surface area contributed by atoms with Gasteiger partial charge in [0.15, 0.2) is 0 Å². The Morgan fingerprint density at radius 2 is 2.33 bits per heavy atom. The summed E-state index contributed by atoms with van der Waals surface area (Å²) in [5.74, 6) is 0. The van der Waals surface area contributed by atoms with Crippen LogP contribution in [-0.2, 0) is 16.8 Å². The average molecular weight is 127 g/mol. The van der Waals surface area contributed by atoms with Crippen LogP contribution in [0.15, 0.2) is 18.7 Å². The van der Waals surface area contributed by atoms with Crippen LogP contribution in [0.2, 0.25) is 0 Å². The predicted octanol–water partition coefficient (Wildman–Crippen LogP) is 0.407. The van der Waals surface area contributed by atoms with E-state index in [0.717, 1.165) is 0 Å². The molecule has 0 bridgehead atoms. The molecule has 0 spiro atoms. The number of H-pyrrole nitrogens is 1. The van der Waals surface area contributed by atoms with Crippen molar-refractivity contribution in [2.24, 2.45) is 0 Å². The van der Waals surface area contributed by atoms with Gasteiger partial charge in [-0.25, -0.2) is 4.98 Å². The number of aromatic amines is 1. The Balaban J connectivity index is 0.000000250. The first-order valence-corrected chi connectivity index (χ1v) is 1.43. The van der Waals surface area contributed by atoms with Gasteiger partial charge in [0.25, 0.3) is 0 Å². The molecule has 6 heavy (non-hydrogen) atoms. The first-order valence-electron chi connectivity index (χ1n) is 1.43. The maximum atomic E-state index is 3.67. The molecule has 0 atom stereocenters. The van der Waals surface area contributed by atoms with Crippen LogP contribution in [0.1, 0.15) is 0 Å². The smallest absolute Gasteiger partial charge is 0.351 e. The second-order valence-electron chi connectivity index (χ2n) is 0.761. The summed E-state index contributed by atoms with van der Waals surface area (Å²) in [6.45, 7) is 0. The predicted molar refractivity (Wildman–Crippen MR) is 18.6 cm³/mol. The van der Waals surface area contributed by atoms with Gasteiger partial charge in [0.1, 0.15) is 0 Å². The first kappa shape index (κ1) is 5.72. The quantitative estimate of drug-likeness (QED) is 0.537. The normalized spacial score (nSPS) is 6.67. The summed E-state index contributed by atoms with van der Waals surface area (Å²) in [7, 11) is 0. The number of imidazole rings is 1. The molecular weight excluding hydrogens is 123 g/mol. The molecule has 0 saturated carbocycles. The average Bonchev–Trinajstić information content (AvgIpc) is 1.76. The molecule has 0 saturated heterocycles. The van der Waals surface area contributed by atoms with E-state index in [1.165, 1.54) is 0 Å². The van der Waals surface area contributed by atoms with Gasteiger partial charge in [-0.05, 0) is 0 Å². The fourth-order valence-corrected chi connectivity index (χ4v) is 0.215. The summed E-state index contributed by atoms with van der Waals surface area (Å²) >= 11 is 0. The van der Waals surface area contributed by atoms with E-state index in [4.69, 9.17) is 0 Å². The number of nitrogens with zero attached hydrogens (tertiary/aromatic N) is 1. The van der Waals surface area contributed by atoms with E-state index in [-0.39, 0.29) is 16.8 Å². The van der Waals surface area contributed by atoms with Crippen molar-refractivity contribution in [1.82, 2.24) is 9.97 Å². The van der Waals surface area contributed by atoms with Crippen LogP contribution in [0.4, 0.5) is 0 Å². The van der Waals surface area contributed by atoms with Crippen molar-refractivity contribution in [1.29, 1.82) is 0 Å². The molecule has 0 fully saturated rings. The molecule has 33 valence electrons. The summed E-state index contributed by atoms with van der Waals surface area (Å²) in [5.41, 5.74) is 0. The molecule has 0 aliphatic rings. The Bertz CT molecular complexity index is 65.3. The molecule has 0 unspecified atom stereocenters. The monoisotopic (exact) mass is 127 g/mol. The third kappa shape index (κ3) is 1.23. The summed E-state index contributed by atoms with van der Waals surface area (Å²) in [5, 5.41) is 0. The maximum absolute atomic E-state index is 3.67. The molecule has 1 aromatic rings. The van der Waals surface area contributed by atoms with Crippen molar-refractivity contribution < 1.29 is 16.8 Å². The van der Waals surface area contributed by atoms with Crippen LogP contribution in [0.3, 0.4) is 0 Å². The second kappa shape index (κ2) is 2.93. The van der Waals surface area contributed by atoms with Crippen molar-refractivity contribution in [2.75, 3.05) is 0 Å². The first-order chi connectivity index (χ1) is 2.50. The molecule has 1 rings (SSSR count). The van der Waals surface area contributed by atoms with Crippen molar-refractivity contribution in [3.8, 4) is 0 Å². The minimum absolute atomic E-state index is 0.